The van der Waals surface area contributed by atoms with Crippen LogP contribution in [0.1, 0.15) is 11.3 Å². The van der Waals surface area contributed by atoms with Gasteiger partial charge in [0.25, 0.3) is 0 Å². The fourth-order valence-electron chi connectivity index (χ4n) is 0.872. The molecule has 0 spiro atoms. The van der Waals surface area contributed by atoms with Gasteiger partial charge in [0.1, 0.15) is 6.29 Å². The van der Waals surface area contributed by atoms with Crippen LogP contribution in [0, 0.1) is 6.92 Å². The summed E-state index contributed by atoms with van der Waals surface area (Å²) in [5, 5.41) is 0. The number of rotatable bonds is 2. The molecule has 0 saturated heterocycles. The highest BCUT2D eigenvalue weighted by molar-refractivity contribution is 5.75. The van der Waals surface area contributed by atoms with Crippen LogP contribution in [-0.2, 0) is 4.79 Å². The molecule has 0 saturated carbocycles. The number of pyridine rings is 1. The number of allylic oxidation sites excluding steroid dienone is 1. The number of hydrogen-bond acceptors (Lipinski definition) is 3. The molecule has 0 atom stereocenters. The number of aldehydes is 1. The van der Waals surface area contributed by atoms with Crippen LogP contribution in [0.15, 0.2) is 18.3 Å². The monoisotopic (exact) mass is 162 g/mol. The molecule has 0 aromatic carbocycles. The molecule has 1 aromatic rings. The van der Waals surface area contributed by atoms with Crippen molar-refractivity contribution in [2.75, 3.05) is 5.73 Å². The van der Waals surface area contributed by atoms with E-state index >= 15 is 0 Å². The minimum Gasteiger partial charge on any atom is -0.397 e. The summed E-state index contributed by atoms with van der Waals surface area (Å²) < 4.78 is 0. The summed E-state index contributed by atoms with van der Waals surface area (Å²) in [6, 6.07) is 1.82. The topological polar surface area (TPSA) is 56.0 Å². The predicted octanol–water partition coefficient (Wildman–Crippen LogP) is 1.18. The lowest BCUT2D eigenvalue weighted by Gasteiger charge is -1.98. The fourth-order valence-corrected chi connectivity index (χ4v) is 0.872. The van der Waals surface area contributed by atoms with Crippen molar-refractivity contribution in [1.82, 2.24) is 4.98 Å². The van der Waals surface area contributed by atoms with Crippen molar-refractivity contribution in [3.05, 3.63) is 29.6 Å². The van der Waals surface area contributed by atoms with E-state index in [1.807, 2.05) is 13.0 Å². The molecule has 0 unspecified atom stereocenters. The molecular formula is C9H10N2O. The van der Waals surface area contributed by atoms with Gasteiger partial charge in [-0.15, -0.1) is 0 Å². The molecule has 0 aliphatic carbocycles. The number of carbonyl (C=O) groups is 1. The zero-order valence-corrected chi connectivity index (χ0v) is 6.82. The number of hydrogen-bond donors (Lipinski definition) is 1. The van der Waals surface area contributed by atoms with Gasteiger partial charge in [-0.1, -0.05) is 0 Å². The second kappa shape index (κ2) is 3.67. The van der Waals surface area contributed by atoms with Gasteiger partial charge in [-0.2, -0.15) is 0 Å². The first-order valence-electron chi connectivity index (χ1n) is 3.58. The van der Waals surface area contributed by atoms with Gasteiger partial charge in [0, 0.05) is 6.20 Å². The molecule has 2 N–H and O–H groups in total. The van der Waals surface area contributed by atoms with Crippen molar-refractivity contribution in [3.63, 3.8) is 0 Å². The number of anilines is 1. The van der Waals surface area contributed by atoms with Gasteiger partial charge in [0.2, 0.25) is 0 Å². The van der Waals surface area contributed by atoms with E-state index in [0.29, 0.717) is 17.7 Å². The molecule has 1 aromatic heterocycles. The van der Waals surface area contributed by atoms with E-state index < -0.39 is 0 Å². The van der Waals surface area contributed by atoms with Crippen LogP contribution in [0.4, 0.5) is 5.69 Å². The lowest BCUT2D eigenvalue weighted by molar-refractivity contribution is -0.104. The maximum atomic E-state index is 10.0. The van der Waals surface area contributed by atoms with Crippen LogP contribution in [-0.4, -0.2) is 11.3 Å². The second-order valence-electron chi connectivity index (χ2n) is 2.48. The van der Waals surface area contributed by atoms with Gasteiger partial charge in [0.05, 0.1) is 11.4 Å². The predicted molar refractivity (Wildman–Crippen MR) is 48.5 cm³/mol. The molecule has 3 heteroatoms. The number of nitrogen functional groups attached to an aromatic ring is 1. The number of carbonyl (C=O) groups excluding carboxylic acids is 1. The summed E-state index contributed by atoms with van der Waals surface area (Å²) >= 11 is 0. The summed E-state index contributed by atoms with van der Waals surface area (Å²) in [6.07, 6.45) is 5.36. The van der Waals surface area contributed by atoms with Crippen LogP contribution in [0.3, 0.4) is 0 Å². The summed E-state index contributed by atoms with van der Waals surface area (Å²) in [7, 11) is 0. The Kier molecular flexibility index (Phi) is 2.58. The Morgan fingerprint density at radius 3 is 2.92 bits per heavy atom. The van der Waals surface area contributed by atoms with Crippen LogP contribution >= 0.6 is 0 Å². The molecule has 0 amide bonds. The fraction of sp³-hybridized carbons (Fsp3) is 0.111. The van der Waals surface area contributed by atoms with Crippen molar-refractivity contribution in [3.8, 4) is 0 Å². The Hall–Kier alpha value is -1.64. The number of aromatic nitrogens is 1. The van der Waals surface area contributed by atoms with Gasteiger partial charge < -0.3 is 5.73 Å². The molecule has 0 aliphatic rings. The SMILES string of the molecule is Cc1cnc(C=CC=O)c(N)c1. The Morgan fingerprint density at radius 1 is 1.58 bits per heavy atom. The summed E-state index contributed by atoms with van der Waals surface area (Å²) in [4.78, 5) is 14.0. The van der Waals surface area contributed by atoms with E-state index in [0.717, 1.165) is 5.56 Å². The van der Waals surface area contributed by atoms with Gasteiger partial charge in [0.15, 0.2) is 0 Å². The highest BCUT2D eigenvalue weighted by Crippen LogP contribution is 2.11. The van der Waals surface area contributed by atoms with Crippen molar-refractivity contribution in [2.45, 2.75) is 6.92 Å². The first-order valence-corrected chi connectivity index (χ1v) is 3.58. The Morgan fingerprint density at radius 2 is 2.33 bits per heavy atom. The second-order valence-corrected chi connectivity index (χ2v) is 2.48. The van der Waals surface area contributed by atoms with E-state index in [4.69, 9.17) is 5.73 Å². The smallest absolute Gasteiger partial charge is 0.142 e. The average Bonchev–Trinajstić information content (AvgIpc) is 2.03. The molecule has 1 heterocycles. The van der Waals surface area contributed by atoms with Crippen LogP contribution in [0.2, 0.25) is 0 Å². The van der Waals surface area contributed by atoms with Gasteiger partial charge in [-0.05, 0) is 30.7 Å². The zero-order valence-electron chi connectivity index (χ0n) is 6.82. The van der Waals surface area contributed by atoms with Crippen LogP contribution < -0.4 is 5.73 Å². The zero-order chi connectivity index (χ0) is 8.97. The maximum absolute atomic E-state index is 10.0. The molecule has 12 heavy (non-hydrogen) atoms. The summed E-state index contributed by atoms with van der Waals surface area (Å²) in [6.45, 7) is 1.91. The van der Waals surface area contributed by atoms with Gasteiger partial charge in [-0.3, -0.25) is 9.78 Å². The minimum absolute atomic E-state index is 0.591. The first kappa shape index (κ1) is 8.46. The molecule has 0 bridgehead atoms. The third-order valence-electron chi connectivity index (χ3n) is 1.42. The molecule has 0 aliphatic heterocycles. The minimum atomic E-state index is 0.591. The van der Waals surface area contributed by atoms with Gasteiger partial charge >= 0.3 is 0 Å². The maximum Gasteiger partial charge on any atom is 0.142 e. The van der Waals surface area contributed by atoms with E-state index in [2.05, 4.69) is 4.98 Å². The van der Waals surface area contributed by atoms with Crippen LogP contribution in [0.5, 0.6) is 0 Å². The van der Waals surface area contributed by atoms with E-state index in [9.17, 15) is 4.79 Å². The Labute approximate surface area is 70.9 Å². The lowest BCUT2D eigenvalue weighted by Crippen LogP contribution is -1.93. The lowest BCUT2D eigenvalue weighted by atomic mass is 10.2. The van der Waals surface area contributed by atoms with Crippen molar-refractivity contribution >= 4 is 18.0 Å². The number of aryl methyl sites for hydroxylation is 1. The first-order chi connectivity index (χ1) is 5.74. The normalized spacial score (nSPS) is 10.4. The Bertz CT molecular complexity index is 318. The van der Waals surface area contributed by atoms with Gasteiger partial charge in [-0.25, -0.2) is 0 Å². The number of nitrogens with two attached hydrogens (primary N) is 1. The van der Waals surface area contributed by atoms with E-state index in [1.54, 1.807) is 12.3 Å². The third kappa shape index (κ3) is 1.92. The largest absolute Gasteiger partial charge is 0.397 e. The van der Waals surface area contributed by atoms with E-state index in [-0.39, 0.29) is 0 Å². The molecule has 0 radical (unpaired) electrons. The molecular weight excluding hydrogens is 152 g/mol. The Balaban J connectivity index is 3.01. The van der Waals surface area contributed by atoms with Crippen molar-refractivity contribution in [1.29, 1.82) is 0 Å². The van der Waals surface area contributed by atoms with E-state index in [1.165, 1.54) is 6.08 Å². The average molecular weight is 162 g/mol. The highest BCUT2D eigenvalue weighted by Gasteiger charge is 1.95. The summed E-state index contributed by atoms with van der Waals surface area (Å²) in [5.74, 6) is 0. The van der Waals surface area contributed by atoms with Crippen LogP contribution in [0.25, 0.3) is 6.08 Å². The molecule has 0 fully saturated rings. The third-order valence-corrected chi connectivity index (χ3v) is 1.42. The quantitative estimate of drug-likeness (QED) is 0.524. The van der Waals surface area contributed by atoms with Crippen molar-refractivity contribution < 1.29 is 4.79 Å². The van der Waals surface area contributed by atoms with Crippen molar-refractivity contribution in [2.24, 2.45) is 0 Å². The molecule has 1 rings (SSSR count). The molecule has 62 valence electrons. The number of nitrogens with zero attached hydrogens (tertiary/aromatic N) is 1. The highest BCUT2D eigenvalue weighted by atomic mass is 16.1. The summed E-state index contributed by atoms with van der Waals surface area (Å²) in [5.41, 5.74) is 7.87. The molecule has 3 nitrogen and oxygen atoms in total. The standard InChI is InChI=1S/C9H10N2O/c1-7-5-8(10)9(11-6-7)3-2-4-12/h2-6H,10H2,1H3.